The van der Waals surface area contributed by atoms with Crippen molar-refractivity contribution < 1.29 is 78.6 Å². The standard InChI is InChI=1S/C49H79NO16/c1-24(2)25(3)10-11-26(4)29-15-19-49(45(58)59)31-12-13-35-46(6,7)36(16-17-47(35,8)30(31)14-18-48(29,49)9)63-44-41(40(33(55)23-61-44)64-42-32(54)20-28(53)22-60-42)65-43-37(50-66-27(5)52)39(57)38(56)34(21-51)62-43/h24,26,28-29,32-44,50-51,53-57H,3,10-23H2,1-2,4-9H3,(H,58,59)/t26?,28?,29-,32?,33?,34?,35?,36+,37?,38?,39?,40?,41?,42?,43?,44?,47-,48-,49?/m1/s1. The zero-order chi connectivity index (χ0) is 48.3. The summed E-state index contributed by atoms with van der Waals surface area (Å²) in [5.74, 6) is -0.285. The van der Waals surface area contributed by atoms with E-state index < -0.39 is 109 Å². The molecule has 4 aliphatic carbocycles. The molecule has 3 heterocycles. The summed E-state index contributed by atoms with van der Waals surface area (Å²) in [6.45, 7) is 19.9. The highest BCUT2D eigenvalue weighted by Crippen LogP contribution is 2.73. The number of fused-ring (bicyclic) bond motifs is 4. The molecule has 0 aromatic rings. The number of ether oxygens (including phenoxy) is 6. The number of carboxylic acid groups (broad SMARTS) is 1. The van der Waals surface area contributed by atoms with Gasteiger partial charge in [0.15, 0.2) is 18.9 Å². The van der Waals surface area contributed by atoms with Crippen molar-refractivity contribution in [2.45, 2.75) is 206 Å². The highest BCUT2D eigenvalue weighted by atomic mass is 16.8. The average Bonchev–Trinajstić information content (AvgIpc) is 3.58. The lowest BCUT2D eigenvalue weighted by atomic mass is 9.43. The molecular weight excluding hydrogens is 859 g/mol. The number of aliphatic hydroxyl groups is 6. The predicted octanol–water partition coefficient (Wildman–Crippen LogP) is 3.65. The number of hydroxylamine groups is 1. The van der Waals surface area contributed by atoms with Crippen LogP contribution in [-0.2, 0) is 42.8 Å². The monoisotopic (exact) mass is 938 g/mol. The Kier molecular flexibility index (Phi) is 15.6. The minimum absolute atomic E-state index is 0.0478. The van der Waals surface area contributed by atoms with Crippen LogP contribution in [0.25, 0.3) is 0 Å². The van der Waals surface area contributed by atoms with Crippen molar-refractivity contribution in [1.29, 1.82) is 0 Å². The van der Waals surface area contributed by atoms with Crippen LogP contribution in [0.4, 0.5) is 0 Å². The number of nitrogens with one attached hydrogen (secondary N) is 1. The lowest BCUT2D eigenvalue weighted by Crippen LogP contribution is -2.67. The van der Waals surface area contributed by atoms with Crippen LogP contribution in [0.15, 0.2) is 23.3 Å². The van der Waals surface area contributed by atoms with Gasteiger partial charge in [-0.1, -0.05) is 71.8 Å². The third-order valence-corrected chi connectivity index (χ3v) is 17.8. The maximum atomic E-state index is 13.9. The van der Waals surface area contributed by atoms with E-state index in [1.54, 1.807) is 0 Å². The molecule has 376 valence electrons. The smallest absolute Gasteiger partial charge is 0.321 e. The fourth-order valence-corrected chi connectivity index (χ4v) is 13.9. The third kappa shape index (κ3) is 9.21. The van der Waals surface area contributed by atoms with Gasteiger partial charge in [0.25, 0.3) is 0 Å². The average molecular weight is 938 g/mol. The van der Waals surface area contributed by atoms with Gasteiger partial charge in [-0.25, -0.2) is 0 Å². The maximum absolute atomic E-state index is 13.9. The molecule has 8 N–H and O–H groups in total. The molecule has 15 unspecified atom stereocenters. The van der Waals surface area contributed by atoms with Crippen molar-refractivity contribution >= 4 is 11.9 Å². The Morgan fingerprint density at radius 1 is 0.833 bits per heavy atom. The number of carboxylic acids is 1. The van der Waals surface area contributed by atoms with Crippen LogP contribution >= 0.6 is 0 Å². The molecule has 2 saturated carbocycles. The highest BCUT2D eigenvalue weighted by Gasteiger charge is 2.68. The molecule has 3 saturated heterocycles. The second kappa shape index (κ2) is 20.0. The Hall–Kier alpha value is -2.10. The summed E-state index contributed by atoms with van der Waals surface area (Å²) in [6.07, 6.45) is -7.57. The second-order valence-corrected chi connectivity index (χ2v) is 22.1. The first-order valence-corrected chi connectivity index (χ1v) is 24.4. The molecule has 7 rings (SSSR count). The number of rotatable bonds is 15. The first kappa shape index (κ1) is 51.7. The summed E-state index contributed by atoms with van der Waals surface area (Å²) in [5.41, 5.74) is 4.00. The molecule has 0 amide bonds. The zero-order valence-corrected chi connectivity index (χ0v) is 40.2. The molecule has 5 fully saturated rings. The van der Waals surface area contributed by atoms with Crippen LogP contribution in [0.5, 0.6) is 0 Å². The van der Waals surface area contributed by atoms with E-state index >= 15 is 0 Å². The number of carbonyl (C=O) groups is 2. The Bertz CT molecular complexity index is 1790. The van der Waals surface area contributed by atoms with E-state index in [0.29, 0.717) is 37.0 Å². The van der Waals surface area contributed by atoms with E-state index in [9.17, 15) is 45.3 Å². The van der Waals surface area contributed by atoms with Gasteiger partial charge in [-0.05, 0) is 104 Å². The van der Waals surface area contributed by atoms with Crippen molar-refractivity contribution in [3.05, 3.63) is 23.3 Å². The Morgan fingerprint density at radius 3 is 2.18 bits per heavy atom. The highest BCUT2D eigenvalue weighted by molar-refractivity contribution is 5.82. The second-order valence-electron chi connectivity index (χ2n) is 22.1. The molecule has 3 aliphatic heterocycles. The van der Waals surface area contributed by atoms with Crippen molar-refractivity contribution in [1.82, 2.24) is 5.48 Å². The fraction of sp³-hybridized carbons (Fsp3) is 0.878. The number of aliphatic carboxylic acids is 1. The van der Waals surface area contributed by atoms with Crippen LogP contribution in [0.2, 0.25) is 0 Å². The lowest BCUT2D eigenvalue weighted by Gasteiger charge is -2.62. The summed E-state index contributed by atoms with van der Waals surface area (Å²) in [6, 6.07) is -1.41. The van der Waals surface area contributed by atoms with Crippen LogP contribution in [0.3, 0.4) is 0 Å². The van der Waals surface area contributed by atoms with Gasteiger partial charge in [0.05, 0.1) is 37.4 Å². The van der Waals surface area contributed by atoms with Gasteiger partial charge in [-0.2, -0.15) is 0 Å². The molecular formula is C49H79NO16. The van der Waals surface area contributed by atoms with Gasteiger partial charge >= 0.3 is 11.9 Å². The van der Waals surface area contributed by atoms with Crippen LogP contribution in [-0.4, -0.2) is 147 Å². The molecule has 17 heteroatoms. The van der Waals surface area contributed by atoms with E-state index in [0.717, 1.165) is 57.4 Å². The van der Waals surface area contributed by atoms with Gasteiger partial charge in [-0.3, -0.25) is 9.59 Å². The molecule has 0 aromatic carbocycles. The van der Waals surface area contributed by atoms with Gasteiger partial charge < -0.3 is 69.0 Å². The zero-order valence-electron chi connectivity index (χ0n) is 40.2. The van der Waals surface area contributed by atoms with Crippen LogP contribution in [0, 0.1) is 45.3 Å². The van der Waals surface area contributed by atoms with E-state index in [2.05, 4.69) is 60.5 Å². The molecule has 66 heavy (non-hydrogen) atoms. The molecule has 0 aromatic heterocycles. The van der Waals surface area contributed by atoms with Crippen molar-refractivity contribution in [2.24, 2.45) is 45.3 Å². The number of carbonyl (C=O) groups excluding carboxylic acids is 1. The topological polar surface area (TPSA) is 252 Å². The Labute approximate surface area is 389 Å². The third-order valence-electron chi connectivity index (χ3n) is 17.8. The quantitative estimate of drug-likeness (QED) is 0.0862. The van der Waals surface area contributed by atoms with E-state index in [1.807, 2.05) is 0 Å². The lowest BCUT2D eigenvalue weighted by molar-refractivity contribution is -0.376. The first-order chi connectivity index (χ1) is 31.0. The Morgan fingerprint density at radius 2 is 1.53 bits per heavy atom. The summed E-state index contributed by atoms with van der Waals surface area (Å²) >= 11 is 0. The predicted molar refractivity (Wildman–Crippen MR) is 237 cm³/mol. The number of hydrogen-bond acceptors (Lipinski definition) is 16. The van der Waals surface area contributed by atoms with Gasteiger partial charge in [0.1, 0.15) is 48.8 Å². The maximum Gasteiger partial charge on any atom is 0.321 e. The molecule has 0 bridgehead atoms. The molecule has 17 nitrogen and oxygen atoms in total. The first-order valence-electron chi connectivity index (χ1n) is 24.4. The molecule has 19 atom stereocenters. The SMILES string of the molecule is C=C(CCC(C)[C@H]1CCC2(C(=O)O)C3=C(CC[C@]12C)[C@@]1(C)CC[C@H](OC2OCC(O)C(OC4OCC(O)CC4O)C2OC2OC(CO)C(O)C(O)C2NOC(C)=O)C(C)(C)C1CC3)C(C)C. The normalized spacial score (nSPS) is 45.1. The summed E-state index contributed by atoms with van der Waals surface area (Å²) in [5, 5.41) is 75.9. The summed E-state index contributed by atoms with van der Waals surface area (Å²) < 4.78 is 37.6. The minimum Gasteiger partial charge on any atom is -0.481 e. The number of allylic oxidation sites excluding steroid dienone is 2. The van der Waals surface area contributed by atoms with Gasteiger partial charge in [0, 0.05) is 13.3 Å². The molecule has 7 aliphatic rings. The van der Waals surface area contributed by atoms with Crippen LogP contribution < -0.4 is 5.48 Å². The van der Waals surface area contributed by atoms with Crippen LogP contribution in [0.1, 0.15) is 126 Å². The van der Waals surface area contributed by atoms with E-state index in [4.69, 9.17) is 33.3 Å². The summed E-state index contributed by atoms with van der Waals surface area (Å²) in [7, 11) is 0. The molecule has 0 radical (unpaired) electrons. The molecule has 0 spiro atoms. The fourth-order valence-electron chi connectivity index (χ4n) is 13.9. The largest absolute Gasteiger partial charge is 0.481 e. The Balaban J connectivity index is 1.16. The van der Waals surface area contributed by atoms with Gasteiger partial charge in [0.2, 0.25) is 0 Å². The van der Waals surface area contributed by atoms with E-state index in [-0.39, 0.29) is 36.4 Å². The minimum atomic E-state index is -1.68. The van der Waals surface area contributed by atoms with Crippen molar-refractivity contribution in [3.63, 3.8) is 0 Å². The summed E-state index contributed by atoms with van der Waals surface area (Å²) in [4.78, 5) is 30.8. The van der Waals surface area contributed by atoms with Crippen molar-refractivity contribution in [2.75, 3.05) is 19.8 Å². The van der Waals surface area contributed by atoms with E-state index in [1.165, 1.54) is 11.1 Å². The van der Waals surface area contributed by atoms with Crippen molar-refractivity contribution in [3.8, 4) is 0 Å². The van der Waals surface area contributed by atoms with Gasteiger partial charge in [-0.15, -0.1) is 5.48 Å². The number of hydrogen-bond donors (Lipinski definition) is 8. The number of aliphatic hydroxyl groups excluding tert-OH is 6.